The first kappa shape index (κ1) is 21.3. The normalized spacial score (nSPS) is 20.0. The predicted molar refractivity (Wildman–Crippen MR) is 110 cm³/mol. The zero-order valence-electron chi connectivity index (χ0n) is 17.2. The van der Waals surface area contributed by atoms with Gasteiger partial charge in [-0.25, -0.2) is 0 Å². The van der Waals surface area contributed by atoms with E-state index in [4.69, 9.17) is 9.47 Å². The number of carbonyl (C=O) groups is 1. The van der Waals surface area contributed by atoms with E-state index in [-0.39, 0.29) is 5.91 Å². The summed E-state index contributed by atoms with van der Waals surface area (Å²) in [7, 11) is 5.73. The Morgan fingerprint density at radius 2 is 1.96 bits per heavy atom. The Labute approximate surface area is 163 Å². The number of hydrogen-bond donors (Lipinski definition) is 1. The van der Waals surface area contributed by atoms with Crippen molar-refractivity contribution in [3.05, 3.63) is 29.8 Å². The molecule has 0 saturated heterocycles. The minimum absolute atomic E-state index is 0.0301. The fourth-order valence-electron chi connectivity index (χ4n) is 3.30. The van der Waals surface area contributed by atoms with Crippen LogP contribution in [0, 0.1) is 5.92 Å². The number of rotatable bonds is 9. The van der Waals surface area contributed by atoms with Gasteiger partial charge in [0.25, 0.3) is 0 Å². The molecule has 0 bridgehead atoms. The van der Waals surface area contributed by atoms with Gasteiger partial charge in [-0.3, -0.25) is 4.79 Å². The third-order valence-corrected chi connectivity index (χ3v) is 4.98. The highest BCUT2D eigenvalue weighted by atomic mass is 16.5. The van der Waals surface area contributed by atoms with E-state index in [1.165, 1.54) is 12.8 Å². The minimum Gasteiger partial charge on any atom is -0.493 e. The highest BCUT2D eigenvalue weighted by molar-refractivity contribution is 5.92. The lowest BCUT2D eigenvalue weighted by Crippen LogP contribution is -2.36. The molecule has 5 heteroatoms. The van der Waals surface area contributed by atoms with Crippen LogP contribution in [-0.4, -0.2) is 51.2 Å². The lowest BCUT2D eigenvalue weighted by molar-refractivity contribution is -0.117. The molecule has 0 atom stereocenters. The molecule has 0 aliphatic heterocycles. The van der Waals surface area contributed by atoms with Gasteiger partial charge >= 0.3 is 0 Å². The molecular formula is C22H34N2O3. The fourth-order valence-corrected chi connectivity index (χ4v) is 3.30. The molecule has 2 rings (SSSR count). The Bertz CT molecular complexity index is 620. The van der Waals surface area contributed by atoms with Crippen LogP contribution in [0.15, 0.2) is 24.3 Å². The summed E-state index contributed by atoms with van der Waals surface area (Å²) in [4.78, 5) is 14.3. The van der Waals surface area contributed by atoms with Gasteiger partial charge in [0, 0.05) is 18.7 Å². The maximum Gasteiger partial charge on any atom is 0.244 e. The zero-order chi connectivity index (χ0) is 19.6. The molecule has 150 valence electrons. The van der Waals surface area contributed by atoms with Crippen LogP contribution in [0.4, 0.5) is 0 Å². The maximum absolute atomic E-state index is 12.2. The Kier molecular flexibility index (Phi) is 8.65. The number of nitrogens with zero attached hydrogens (tertiary/aromatic N) is 1. The molecule has 1 fully saturated rings. The van der Waals surface area contributed by atoms with Crippen molar-refractivity contribution < 1.29 is 14.3 Å². The number of hydrogen-bond acceptors (Lipinski definition) is 4. The molecular weight excluding hydrogens is 340 g/mol. The van der Waals surface area contributed by atoms with Crippen molar-refractivity contribution >= 4 is 12.0 Å². The lowest BCUT2D eigenvalue weighted by Gasteiger charge is -2.26. The van der Waals surface area contributed by atoms with Crippen LogP contribution >= 0.6 is 0 Å². The van der Waals surface area contributed by atoms with Crippen LogP contribution in [-0.2, 0) is 4.79 Å². The van der Waals surface area contributed by atoms with E-state index < -0.39 is 0 Å². The summed E-state index contributed by atoms with van der Waals surface area (Å²) in [5, 5.41) is 3.11. The highest BCUT2D eigenvalue weighted by Gasteiger charge is 2.18. The lowest BCUT2D eigenvalue weighted by atomic mass is 9.87. The third-order valence-electron chi connectivity index (χ3n) is 4.98. The maximum atomic E-state index is 12.2. The molecule has 1 aromatic rings. The first-order valence-electron chi connectivity index (χ1n) is 9.92. The summed E-state index contributed by atoms with van der Waals surface area (Å²) < 4.78 is 11.2. The van der Waals surface area contributed by atoms with Crippen LogP contribution in [0.1, 0.15) is 44.6 Å². The van der Waals surface area contributed by atoms with Gasteiger partial charge in [-0.05, 0) is 75.9 Å². The van der Waals surface area contributed by atoms with Crippen molar-refractivity contribution in [2.24, 2.45) is 5.92 Å². The molecule has 1 amide bonds. The van der Waals surface area contributed by atoms with Crippen LogP contribution in [0.25, 0.3) is 6.08 Å². The second-order valence-corrected chi connectivity index (χ2v) is 7.71. The van der Waals surface area contributed by atoms with E-state index in [9.17, 15) is 4.79 Å². The van der Waals surface area contributed by atoms with E-state index in [1.54, 1.807) is 13.2 Å². The molecule has 0 heterocycles. The molecule has 1 aromatic carbocycles. The van der Waals surface area contributed by atoms with E-state index in [2.05, 4.69) is 17.1 Å². The largest absolute Gasteiger partial charge is 0.493 e. The minimum atomic E-state index is -0.0301. The molecule has 1 aliphatic rings. The van der Waals surface area contributed by atoms with Crippen LogP contribution in [0.5, 0.6) is 11.5 Å². The predicted octanol–water partition coefficient (Wildman–Crippen LogP) is 3.73. The van der Waals surface area contributed by atoms with Gasteiger partial charge in [0.15, 0.2) is 11.5 Å². The Hall–Kier alpha value is -2.01. The molecule has 1 saturated carbocycles. The Balaban J connectivity index is 1.86. The van der Waals surface area contributed by atoms with Crippen molar-refractivity contribution in [1.82, 2.24) is 10.2 Å². The Morgan fingerprint density at radius 3 is 2.63 bits per heavy atom. The Morgan fingerprint density at radius 1 is 1.22 bits per heavy atom. The summed E-state index contributed by atoms with van der Waals surface area (Å²) in [5.74, 6) is 2.17. The molecule has 1 aliphatic carbocycles. The van der Waals surface area contributed by atoms with Crippen LogP contribution in [0.3, 0.4) is 0 Å². The van der Waals surface area contributed by atoms with Crippen LogP contribution in [0.2, 0.25) is 0 Å². The topological polar surface area (TPSA) is 50.8 Å². The van der Waals surface area contributed by atoms with Crippen molar-refractivity contribution in [2.45, 2.75) is 45.1 Å². The van der Waals surface area contributed by atoms with Crippen molar-refractivity contribution in [3.63, 3.8) is 0 Å². The molecule has 0 radical (unpaired) electrons. The first-order valence-corrected chi connectivity index (χ1v) is 9.92. The molecule has 1 N–H and O–H groups in total. The van der Waals surface area contributed by atoms with Gasteiger partial charge in [-0.2, -0.15) is 0 Å². The quantitative estimate of drug-likeness (QED) is 0.528. The van der Waals surface area contributed by atoms with Gasteiger partial charge in [0.1, 0.15) is 0 Å². The second kappa shape index (κ2) is 11.0. The van der Waals surface area contributed by atoms with E-state index in [1.807, 2.05) is 38.4 Å². The second-order valence-electron chi connectivity index (χ2n) is 7.71. The van der Waals surface area contributed by atoms with Gasteiger partial charge in [0.05, 0.1) is 13.7 Å². The van der Waals surface area contributed by atoms with E-state index >= 15 is 0 Å². The average Bonchev–Trinajstić information content (AvgIpc) is 2.65. The van der Waals surface area contributed by atoms with Crippen LogP contribution < -0.4 is 14.8 Å². The fraction of sp³-hybridized carbons (Fsp3) is 0.591. The van der Waals surface area contributed by atoms with E-state index in [0.717, 1.165) is 43.0 Å². The van der Waals surface area contributed by atoms with Gasteiger partial charge < -0.3 is 19.7 Å². The summed E-state index contributed by atoms with van der Waals surface area (Å²) in [6, 6.07) is 6.04. The number of carbonyl (C=O) groups excluding carboxylic acids is 1. The van der Waals surface area contributed by atoms with Gasteiger partial charge in [-0.15, -0.1) is 0 Å². The zero-order valence-corrected chi connectivity index (χ0v) is 17.2. The summed E-state index contributed by atoms with van der Waals surface area (Å²) >= 11 is 0. The van der Waals surface area contributed by atoms with Crippen molar-refractivity contribution in [1.29, 1.82) is 0 Å². The van der Waals surface area contributed by atoms with Crippen molar-refractivity contribution in [2.75, 3.05) is 34.4 Å². The first-order chi connectivity index (χ1) is 13.0. The number of ether oxygens (including phenoxy) is 2. The molecule has 0 aromatic heterocycles. The number of nitrogens with one attached hydrogen (secondary N) is 1. The molecule has 27 heavy (non-hydrogen) atoms. The molecule has 0 unspecified atom stereocenters. The summed E-state index contributed by atoms with van der Waals surface area (Å²) in [5.41, 5.74) is 0.917. The average molecular weight is 375 g/mol. The standard InChI is InChI=1S/C22H34N2O3/c1-17-6-10-19(11-7-17)23-22(25)13-9-18-8-12-20(21(16-18)26-4)27-15-5-14-24(2)3/h8-9,12-13,16-17,19H,5-7,10-11,14-15H2,1-4H3,(H,23,25)/b13-9+/t17-,19-. The van der Waals surface area contributed by atoms with Gasteiger partial charge in [-0.1, -0.05) is 13.0 Å². The summed E-state index contributed by atoms with van der Waals surface area (Å²) in [6.07, 6.45) is 8.92. The monoisotopic (exact) mass is 374 g/mol. The summed E-state index contributed by atoms with van der Waals surface area (Å²) in [6.45, 7) is 3.91. The smallest absolute Gasteiger partial charge is 0.244 e. The number of benzene rings is 1. The molecule has 5 nitrogen and oxygen atoms in total. The number of methoxy groups -OCH3 is 1. The van der Waals surface area contributed by atoms with Crippen molar-refractivity contribution in [3.8, 4) is 11.5 Å². The highest BCUT2D eigenvalue weighted by Crippen LogP contribution is 2.28. The van der Waals surface area contributed by atoms with Gasteiger partial charge in [0.2, 0.25) is 5.91 Å². The number of amides is 1. The van der Waals surface area contributed by atoms with E-state index in [0.29, 0.717) is 18.4 Å². The SMILES string of the molecule is COc1cc(/C=C/C(=O)N[C@H]2CC[C@H](C)CC2)ccc1OCCCN(C)C. The molecule has 0 spiro atoms. The third kappa shape index (κ3) is 7.63.